The highest BCUT2D eigenvalue weighted by molar-refractivity contribution is 5.69. The van der Waals surface area contributed by atoms with Crippen molar-refractivity contribution in [3.63, 3.8) is 0 Å². The summed E-state index contributed by atoms with van der Waals surface area (Å²) in [5.41, 5.74) is 0. The molecule has 0 aromatic rings. The molecule has 0 aliphatic carbocycles. The number of rotatable bonds is 4. The quantitative estimate of drug-likeness (QED) is 0.632. The Bertz CT molecular complexity index is 172. The van der Waals surface area contributed by atoms with Crippen LogP contribution < -0.4 is 0 Å². The second-order valence-corrected chi connectivity index (χ2v) is 3.51. The van der Waals surface area contributed by atoms with Gasteiger partial charge in [-0.25, -0.2) is 0 Å². The highest BCUT2D eigenvalue weighted by Crippen LogP contribution is 2.14. The number of likely N-dealkylation sites (tertiary alicyclic amines) is 1. The first-order chi connectivity index (χ1) is 5.59. The van der Waals surface area contributed by atoms with Crippen LogP contribution in [0.1, 0.15) is 6.42 Å². The van der Waals surface area contributed by atoms with E-state index < -0.39 is 5.97 Å². The molecule has 1 saturated heterocycles. The van der Waals surface area contributed by atoms with Crippen LogP contribution in [0.4, 0.5) is 0 Å². The molecule has 70 valence electrons. The van der Waals surface area contributed by atoms with Crippen LogP contribution in [0, 0.1) is 0 Å². The summed E-state index contributed by atoms with van der Waals surface area (Å²) in [4.78, 5) is 14.4. The van der Waals surface area contributed by atoms with E-state index >= 15 is 0 Å². The van der Waals surface area contributed by atoms with Crippen LogP contribution >= 0.6 is 0 Å². The van der Waals surface area contributed by atoms with Gasteiger partial charge in [0.25, 0.3) is 0 Å². The van der Waals surface area contributed by atoms with E-state index in [2.05, 4.69) is 11.9 Å². The standard InChI is InChI=1S/C8H16N2O2/c1-9(6-8(11)12)5-7-3-4-10(7)2/h7H,3-6H2,1-2H3,(H,11,12). The van der Waals surface area contributed by atoms with Crippen molar-refractivity contribution in [3.8, 4) is 0 Å². The molecule has 1 atom stereocenters. The van der Waals surface area contributed by atoms with Crippen molar-refractivity contribution in [2.75, 3.05) is 33.7 Å². The molecule has 4 nitrogen and oxygen atoms in total. The van der Waals surface area contributed by atoms with Crippen molar-refractivity contribution in [3.05, 3.63) is 0 Å². The Morgan fingerprint density at radius 1 is 1.75 bits per heavy atom. The third-order valence-electron chi connectivity index (χ3n) is 2.37. The van der Waals surface area contributed by atoms with Crippen LogP contribution in [-0.4, -0.2) is 60.6 Å². The number of nitrogens with zero attached hydrogens (tertiary/aromatic N) is 2. The fourth-order valence-corrected chi connectivity index (χ4v) is 1.46. The summed E-state index contributed by atoms with van der Waals surface area (Å²) in [6.45, 7) is 2.15. The van der Waals surface area contributed by atoms with Gasteiger partial charge < -0.3 is 10.0 Å². The second kappa shape index (κ2) is 3.87. The summed E-state index contributed by atoms with van der Waals surface area (Å²) in [7, 11) is 3.92. The SMILES string of the molecule is CN(CC(=O)O)CC1CCN1C. The maximum Gasteiger partial charge on any atom is 0.317 e. The Hall–Kier alpha value is -0.610. The van der Waals surface area contributed by atoms with Crippen molar-refractivity contribution in [1.29, 1.82) is 0 Å². The highest BCUT2D eigenvalue weighted by atomic mass is 16.4. The lowest BCUT2D eigenvalue weighted by atomic mass is 10.0. The fraction of sp³-hybridized carbons (Fsp3) is 0.875. The van der Waals surface area contributed by atoms with E-state index in [-0.39, 0.29) is 6.54 Å². The van der Waals surface area contributed by atoms with Gasteiger partial charge in [-0.3, -0.25) is 9.69 Å². The van der Waals surface area contributed by atoms with E-state index in [1.807, 2.05) is 11.9 Å². The van der Waals surface area contributed by atoms with Crippen molar-refractivity contribution in [2.45, 2.75) is 12.5 Å². The van der Waals surface area contributed by atoms with Gasteiger partial charge in [0.2, 0.25) is 0 Å². The van der Waals surface area contributed by atoms with Crippen LogP contribution in [0.5, 0.6) is 0 Å². The average molecular weight is 172 g/mol. The Morgan fingerprint density at radius 2 is 2.42 bits per heavy atom. The normalized spacial score (nSPS) is 24.1. The number of hydrogen-bond donors (Lipinski definition) is 1. The molecule has 0 saturated carbocycles. The Labute approximate surface area is 72.8 Å². The molecule has 0 spiro atoms. The molecule has 1 aliphatic rings. The minimum atomic E-state index is -0.750. The maximum atomic E-state index is 10.3. The van der Waals surface area contributed by atoms with E-state index in [4.69, 9.17) is 5.11 Å². The fourth-order valence-electron chi connectivity index (χ4n) is 1.46. The summed E-state index contributed by atoms with van der Waals surface area (Å²) >= 11 is 0. The van der Waals surface area contributed by atoms with Crippen LogP contribution in [0.15, 0.2) is 0 Å². The molecule has 1 unspecified atom stereocenters. The van der Waals surface area contributed by atoms with Gasteiger partial charge in [0.15, 0.2) is 0 Å². The lowest BCUT2D eigenvalue weighted by Gasteiger charge is -2.39. The third-order valence-corrected chi connectivity index (χ3v) is 2.37. The predicted octanol–water partition coefficient (Wildman–Crippen LogP) is -0.293. The molecule has 1 fully saturated rings. The lowest BCUT2D eigenvalue weighted by molar-refractivity contribution is -0.138. The molecule has 0 aromatic heterocycles. The molecule has 4 heteroatoms. The van der Waals surface area contributed by atoms with E-state index in [1.54, 1.807) is 0 Å². The first kappa shape index (κ1) is 9.48. The second-order valence-electron chi connectivity index (χ2n) is 3.51. The van der Waals surface area contributed by atoms with Gasteiger partial charge in [0.1, 0.15) is 0 Å². The monoisotopic (exact) mass is 172 g/mol. The minimum Gasteiger partial charge on any atom is -0.480 e. The molecule has 1 rings (SSSR count). The van der Waals surface area contributed by atoms with Gasteiger partial charge in [-0.05, 0) is 27.1 Å². The zero-order valence-corrected chi connectivity index (χ0v) is 7.66. The van der Waals surface area contributed by atoms with E-state index in [0.717, 1.165) is 13.1 Å². The highest BCUT2D eigenvalue weighted by Gasteiger charge is 2.25. The van der Waals surface area contributed by atoms with Crippen LogP contribution in [0.3, 0.4) is 0 Å². The van der Waals surface area contributed by atoms with Gasteiger partial charge in [-0.2, -0.15) is 0 Å². The predicted molar refractivity (Wildman–Crippen MR) is 46.2 cm³/mol. The van der Waals surface area contributed by atoms with E-state index in [0.29, 0.717) is 6.04 Å². The van der Waals surface area contributed by atoms with Crippen LogP contribution in [0.25, 0.3) is 0 Å². The number of aliphatic carboxylic acids is 1. The minimum absolute atomic E-state index is 0.143. The Kier molecular flexibility index (Phi) is 3.05. The molecule has 1 heterocycles. The molecule has 0 amide bonds. The van der Waals surface area contributed by atoms with Gasteiger partial charge in [0.05, 0.1) is 6.54 Å². The summed E-state index contributed by atoms with van der Waals surface area (Å²) in [6.07, 6.45) is 1.19. The van der Waals surface area contributed by atoms with E-state index in [1.165, 1.54) is 6.42 Å². The number of carboxylic acids is 1. The maximum absolute atomic E-state index is 10.3. The topological polar surface area (TPSA) is 43.8 Å². The van der Waals surface area contributed by atoms with Gasteiger partial charge in [-0.1, -0.05) is 0 Å². The van der Waals surface area contributed by atoms with Crippen molar-refractivity contribution < 1.29 is 9.90 Å². The molecule has 0 radical (unpaired) electrons. The summed E-state index contributed by atoms with van der Waals surface area (Å²) in [6, 6.07) is 0.564. The molecule has 12 heavy (non-hydrogen) atoms. The van der Waals surface area contributed by atoms with Gasteiger partial charge in [0, 0.05) is 12.6 Å². The summed E-state index contributed by atoms with van der Waals surface area (Å²) in [5.74, 6) is -0.750. The van der Waals surface area contributed by atoms with Gasteiger partial charge in [-0.15, -0.1) is 0 Å². The molecule has 0 bridgehead atoms. The zero-order chi connectivity index (χ0) is 9.14. The van der Waals surface area contributed by atoms with Gasteiger partial charge >= 0.3 is 5.97 Å². The molecule has 1 N–H and O–H groups in total. The lowest BCUT2D eigenvalue weighted by Crippen LogP contribution is -2.51. The first-order valence-electron chi connectivity index (χ1n) is 4.20. The van der Waals surface area contributed by atoms with E-state index in [9.17, 15) is 4.79 Å². The summed E-state index contributed by atoms with van der Waals surface area (Å²) < 4.78 is 0. The van der Waals surface area contributed by atoms with Crippen molar-refractivity contribution in [2.24, 2.45) is 0 Å². The number of carboxylic acid groups (broad SMARTS) is 1. The number of likely N-dealkylation sites (N-methyl/N-ethyl adjacent to an activating group) is 2. The third kappa shape index (κ3) is 2.46. The first-order valence-corrected chi connectivity index (χ1v) is 4.20. The molecular weight excluding hydrogens is 156 g/mol. The zero-order valence-electron chi connectivity index (χ0n) is 7.66. The molecule has 1 aliphatic heterocycles. The largest absolute Gasteiger partial charge is 0.480 e. The summed E-state index contributed by atoms with van der Waals surface area (Å²) in [5, 5.41) is 8.50. The van der Waals surface area contributed by atoms with Crippen LogP contribution in [0.2, 0.25) is 0 Å². The smallest absolute Gasteiger partial charge is 0.317 e. The Balaban J connectivity index is 2.17. The average Bonchev–Trinajstić information content (AvgIpc) is 1.96. The Morgan fingerprint density at radius 3 is 2.75 bits per heavy atom. The molecule has 0 aromatic carbocycles. The number of hydrogen-bond acceptors (Lipinski definition) is 3. The molecular formula is C8H16N2O2. The van der Waals surface area contributed by atoms with Crippen molar-refractivity contribution >= 4 is 5.97 Å². The van der Waals surface area contributed by atoms with Crippen molar-refractivity contribution in [1.82, 2.24) is 9.80 Å². The number of carbonyl (C=O) groups is 1. The van der Waals surface area contributed by atoms with Crippen LogP contribution in [-0.2, 0) is 4.79 Å².